The second kappa shape index (κ2) is 8.81. The number of carbonyl (C=O) groups excluding carboxylic acids is 2. The van der Waals surface area contributed by atoms with Crippen LogP contribution in [0.4, 0.5) is 0 Å². The van der Waals surface area contributed by atoms with Gasteiger partial charge >= 0.3 is 5.97 Å². The molecule has 1 N–H and O–H groups in total. The SMILES string of the molecule is CCc1c(C(=O)NCCCCC(=O)OC)cnn1-c1ccccn1. The number of methoxy groups -OCH3 is 1. The van der Waals surface area contributed by atoms with Gasteiger partial charge < -0.3 is 10.1 Å². The quantitative estimate of drug-likeness (QED) is 0.590. The van der Waals surface area contributed by atoms with Gasteiger partial charge in [-0.25, -0.2) is 9.67 Å². The van der Waals surface area contributed by atoms with Gasteiger partial charge in [-0.15, -0.1) is 0 Å². The van der Waals surface area contributed by atoms with Crippen LogP contribution in [0.15, 0.2) is 30.6 Å². The number of nitrogens with zero attached hydrogens (tertiary/aromatic N) is 3. The molecule has 24 heavy (non-hydrogen) atoms. The van der Waals surface area contributed by atoms with Crippen molar-refractivity contribution in [3.8, 4) is 5.82 Å². The minimum Gasteiger partial charge on any atom is -0.469 e. The number of amides is 1. The Morgan fingerprint density at radius 2 is 2.12 bits per heavy atom. The summed E-state index contributed by atoms with van der Waals surface area (Å²) in [6, 6.07) is 5.56. The van der Waals surface area contributed by atoms with E-state index in [2.05, 4.69) is 20.1 Å². The Labute approximate surface area is 141 Å². The van der Waals surface area contributed by atoms with Gasteiger partial charge in [-0.3, -0.25) is 9.59 Å². The van der Waals surface area contributed by atoms with Crippen molar-refractivity contribution in [3.63, 3.8) is 0 Å². The zero-order chi connectivity index (χ0) is 17.4. The Balaban J connectivity index is 1.95. The lowest BCUT2D eigenvalue weighted by Gasteiger charge is -2.08. The number of aromatic nitrogens is 3. The van der Waals surface area contributed by atoms with E-state index >= 15 is 0 Å². The van der Waals surface area contributed by atoms with Crippen LogP contribution in [0.3, 0.4) is 0 Å². The minimum atomic E-state index is -0.230. The number of carbonyl (C=O) groups is 2. The number of ether oxygens (including phenoxy) is 1. The molecule has 2 aromatic rings. The van der Waals surface area contributed by atoms with Gasteiger partial charge in [-0.2, -0.15) is 5.10 Å². The summed E-state index contributed by atoms with van der Waals surface area (Å²) in [5, 5.41) is 7.15. The van der Waals surface area contributed by atoms with Crippen LogP contribution in [0, 0.1) is 0 Å². The third-order valence-electron chi connectivity index (χ3n) is 3.64. The maximum Gasteiger partial charge on any atom is 0.305 e. The van der Waals surface area contributed by atoms with Crippen molar-refractivity contribution in [1.82, 2.24) is 20.1 Å². The van der Waals surface area contributed by atoms with E-state index in [1.807, 2.05) is 25.1 Å². The van der Waals surface area contributed by atoms with Gasteiger partial charge in [0, 0.05) is 19.2 Å². The van der Waals surface area contributed by atoms with Gasteiger partial charge in [0.15, 0.2) is 5.82 Å². The molecule has 0 bridgehead atoms. The maximum absolute atomic E-state index is 12.3. The third-order valence-corrected chi connectivity index (χ3v) is 3.64. The smallest absolute Gasteiger partial charge is 0.305 e. The van der Waals surface area contributed by atoms with Crippen LogP contribution in [-0.2, 0) is 16.0 Å². The molecule has 0 spiro atoms. The number of hydrogen-bond donors (Lipinski definition) is 1. The summed E-state index contributed by atoms with van der Waals surface area (Å²) in [6.07, 6.45) is 5.69. The third kappa shape index (κ3) is 4.41. The monoisotopic (exact) mass is 330 g/mol. The largest absolute Gasteiger partial charge is 0.469 e. The number of esters is 1. The molecule has 128 valence electrons. The Morgan fingerprint density at radius 3 is 2.79 bits per heavy atom. The zero-order valence-corrected chi connectivity index (χ0v) is 14.0. The van der Waals surface area contributed by atoms with Crippen LogP contribution in [-0.4, -0.2) is 40.3 Å². The minimum absolute atomic E-state index is 0.160. The molecule has 7 heteroatoms. The summed E-state index contributed by atoms with van der Waals surface area (Å²) >= 11 is 0. The van der Waals surface area contributed by atoms with Crippen LogP contribution in [0.2, 0.25) is 0 Å². The first kappa shape index (κ1) is 17.7. The van der Waals surface area contributed by atoms with Crippen LogP contribution in [0.25, 0.3) is 5.82 Å². The molecular weight excluding hydrogens is 308 g/mol. The number of unbranched alkanes of at least 4 members (excludes halogenated alkanes) is 1. The van der Waals surface area contributed by atoms with Gasteiger partial charge in [0.1, 0.15) is 0 Å². The fraction of sp³-hybridized carbons (Fsp3) is 0.412. The lowest BCUT2D eigenvalue weighted by atomic mass is 10.2. The number of pyridine rings is 1. The van der Waals surface area contributed by atoms with E-state index < -0.39 is 0 Å². The average molecular weight is 330 g/mol. The molecule has 0 aliphatic carbocycles. The normalized spacial score (nSPS) is 10.4. The Hall–Kier alpha value is -2.70. The van der Waals surface area contributed by atoms with E-state index in [-0.39, 0.29) is 11.9 Å². The second-order valence-electron chi connectivity index (χ2n) is 5.25. The average Bonchev–Trinajstić information content (AvgIpc) is 3.05. The second-order valence-corrected chi connectivity index (χ2v) is 5.25. The molecule has 0 fully saturated rings. The van der Waals surface area contributed by atoms with Crippen molar-refractivity contribution in [2.24, 2.45) is 0 Å². The van der Waals surface area contributed by atoms with Gasteiger partial charge in [0.25, 0.3) is 5.91 Å². The summed E-state index contributed by atoms with van der Waals surface area (Å²) in [5.74, 6) is 0.296. The highest BCUT2D eigenvalue weighted by Gasteiger charge is 2.17. The van der Waals surface area contributed by atoms with Crippen molar-refractivity contribution in [2.75, 3.05) is 13.7 Å². The van der Waals surface area contributed by atoms with Gasteiger partial charge in [-0.1, -0.05) is 13.0 Å². The van der Waals surface area contributed by atoms with Crippen LogP contribution in [0.5, 0.6) is 0 Å². The van der Waals surface area contributed by atoms with Crippen molar-refractivity contribution >= 4 is 11.9 Å². The number of rotatable bonds is 8. The number of hydrogen-bond acceptors (Lipinski definition) is 5. The summed E-state index contributed by atoms with van der Waals surface area (Å²) < 4.78 is 6.27. The highest BCUT2D eigenvalue weighted by Crippen LogP contribution is 2.14. The number of nitrogens with one attached hydrogen (secondary N) is 1. The van der Waals surface area contributed by atoms with Crippen LogP contribution in [0.1, 0.15) is 42.2 Å². The molecule has 0 radical (unpaired) electrons. The fourth-order valence-electron chi connectivity index (χ4n) is 2.37. The van der Waals surface area contributed by atoms with Crippen LogP contribution < -0.4 is 5.32 Å². The van der Waals surface area contributed by atoms with E-state index in [1.165, 1.54) is 7.11 Å². The van der Waals surface area contributed by atoms with E-state index in [1.54, 1.807) is 17.1 Å². The fourth-order valence-corrected chi connectivity index (χ4v) is 2.37. The zero-order valence-electron chi connectivity index (χ0n) is 14.0. The highest BCUT2D eigenvalue weighted by atomic mass is 16.5. The predicted molar refractivity (Wildman–Crippen MR) is 88.9 cm³/mol. The molecule has 0 saturated carbocycles. The van der Waals surface area contributed by atoms with E-state index in [0.29, 0.717) is 37.2 Å². The molecule has 0 aliphatic heterocycles. The molecule has 2 aromatic heterocycles. The Morgan fingerprint density at radius 1 is 1.29 bits per heavy atom. The topological polar surface area (TPSA) is 86.1 Å². The van der Waals surface area contributed by atoms with E-state index in [0.717, 1.165) is 12.1 Å². The standard InChI is InChI=1S/C17H22N4O3/c1-3-14-13(12-20-21(14)15-8-4-6-10-18-15)17(23)19-11-7-5-9-16(22)24-2/h4,6,8,10,12H,3,5,7,9,11H2,1-2H3,(H,19,23). The summed E-state index contributed by atoms with van der Waals surface area (Å²) in [7, 11) is 1.37. The molecule has 7 nitrogen and oxygen atoms in total. The molecule has 0 saturated heterocycles. The maximum atomic E-state index is 12.3. The molecule has 2 heterocycles. The van der Waals surface area contributed by atoms with Crippen molar-refractivity contribution in [3.05, 3.63) is 41.9 Å². The Kier molecular flexibility index (Phi) is 6.48. The first-order valence-electron chi connectivity index (χ1n) is 8.00. The predicted octanol–water partition coefficient (Wildman–Crippen LogP) is 1.90. The first-order chi connectivity index (χ1) is 11.7. The van der Waals surface area contributed by atoms with E-state index in [9.17, 15) is 9.59 Å². The summed E-state index contributed by atoms with van der Waals surface area (Å²) in [4.78, 5) is 27.6. The van der Waals surface area contributed by atoms with Crippen molar-refractivity contribution < 1.29 is 14.3 Å². The molecule has 0 atom stereocenters. The van der Waals surface area contributed by atoms with Crippen molar-refractivity contribution in [2.45, 2.75) is 32.6 Å². The Bertz CT molecular complexity index is 682. The molecule has 1 amide bonds. The molecule has 0 aromatic carbocycles. The van der Waals surface area contributed by atoms with Crippen LogP contribution >= 0.6 is 0 Å². The molecule has 0 aliphatic rings. The first-order valence-corrected chi connectivity index (χ1v) is 8.00. The highest BCUT2D eigenvalue weighted by molar-refractivity contribution is 5.95. The van der Waals surface area contributed by atoms with Gasteiger partial charge in [0.05, 0.1) is 24.6 Å². The lowest BCUT2D eigenvalue weighted by Crippen LogP contribution is -2.25. The molecule has 2 rings (SSSR count). The summed E-state index contributed by atoms with van der Waals surface area (Å²) in [6.45, 7) is 2.48. The van der Waals surface area contributed by atoms with E-state index in [4.69, 9.17) is 0 Å². The van der Waals surface area contributed by atoms with Crippen molar-refractivity contribution in [1.29, 1.82) is 0 Å². The lowest BCUT2D eigenvalue weighted by molar-refractivity contribution is -0.140. The van der Waals surface area contributed by atoms with Gasteiger partial charge in [-0.05, 0) is 31.4 Å². The van der Waals surface area contributed by atoms with Gasteiger partial charge in [0.2, 0.25) is 0 Å². The summed E-state index contributed by atoms with van der Waals surface area (Å²) in [5.41, 5.74) is 1.37. The molecule has 0 unspecified atom stereocenters. The molecular formula is C17H22N4O3.